The number of carboxylic acid groups (broad SMARTS) is 1. The number of ether oxygens (including phenoxy) is 2. The van der Waals surface area contributed by atoms with Gasteiger partial charge in [0.2, 0.25) is 5.91 Å². The van der Waals surface area contributed by atoms with Crippen molar-refractivity contribution in [3.63, 3.8) is 0 Å². The Morgan fingerprint density at radius 3 is 2.54 bits per heavy atom. The van der Waals surface area contributed by atoms with E-state index in [4.69, 9.17) is 13.9 Å². The van der Waals surface area contributed by atoms with Crippen LogP contribution in [0.4, 0.5) is 4.39 Å². The molecule has 1 aliphatic heterocycles. The number of rotatable bonds is 7. The van der Waals surface area contributed by atoms with E-state index in [0.717, 1.165) is 5.39 Å². The van der Waals surface area contributed by atoms with Gasteiger partial charge in [-0.2, -0.15) is 0 Å². The predicted molar refractivity (Wildman–Crippen MR) is 133 cm³/mol. The summed E-state index contributed by atoms with van der Waals surface area (Å²) in [6.45, 7) is 0.651. The Kier molecular flexibility index (Phi) is 6.89. The molecule has 1 amide bonds. The van der Waals surface area contributed by atoms with E-state index in [1.165, 1.54) is 24.3 Å². The molecule has 0 spiro atoms. The van der Waals surface area contributed by atoms with Crippen LogP contribution in [-0.2, 0) is 9.53 Å². The topological polar surface area (TPSA) is 101 Å². The molecular formula is C28H25FN2O6. The summed E-state index contributed by atoms with van der Waals surface area (Å²) >= 11 is 0. The lowest BCUT2D eigenvalue weighted by atomic mass is 9.97. The Balaban J connectivity index is 1.57. The lowest BCUT2D eigenvalue weighted by Gasteiger charge is -2.44. The zero-order valence-corrected chi connectivity index (χ0v) is 20.0. The first-order valence-corrected chi connectivity index (χ1v) is 11.8. The van der Waals surface area contributed by atoms with E-state index >= 15 is 0 Å². The van der Waals surface area contributed by atoms with Crippen LogP contribution < -0.4 is 10.1 Å². The smallest absolute Gasteiger partial charge is 0.335 e. The first-order chi connectivity index (χ1) is 17.9. The number of amides is 1. The fourth-order valence-electron chi connectivity index (χ4n) is 4.58. The number of aromatic carboxylic acids is 1. The van der Waals surface area contributed by atoms with Gasteiger partial charge in [-0.3, -0.25) is 4.79 Å². The fraction of sp³-hybridized carbons (Fsp3) is 0.214. The molecule has 190 valence electrons. The van der Waals surface area contributed by atoms with Crippen LogP contribution in [0.25, 0.3) is 11.0 Å². The average molecular weight is 505 g/mol. The lowest BCUT2D eigenvalue weighted by Crippen LogP contribution is -2.56. The largest absolute Gasteiger partial charge is 0.478 e. The van der Waals surface area contributed by atoms with Gasteiger partial charge in [0.25, 0.3) is 0 Å². The number of likely N-dealkylation sites (N-methyl/N-ethyl adjacent to an activating group) is 1. The van der Waals surface area contributed by atoms with Crippen molar-refractivity contribution in [2.45, 2.75) is 18.4 Å². The lowest BCUT2D eigenvalue weighted by molar-refractivity contribution is -0.156. The Hall–Kier alpha value is -4.21. The van der Waals surface area contributed by atoms with Crippen molar-refractivity contribution < 1.29 is 33.0 Å². The number of carbonyl (C=O) groups is 2. The zero-order chi connectivity index (χ0) is 25.9. The summed E-state index contributed by atoms with van der Waals surface area (Å²) in [5.41, 5.74) is 2.16. The van der Waals surface area contributed by atoms with E-state index in [2.05, 4.69) is 5.32 Å². The average Bonchev–Trinajstić information content (AvgIpc) is 3.39. The van der Waals surface area contributed by atoms with E-state index < -0.39 is 24.3 Å². The highest BCUT2D eigenvalue weighted by Crippen LogP contribution is 2.37. The van der Waals surface area contributed by atoms with E-state index in [9.17, 15) is 19.1 Å². The maximum Gasteiger partial charge on any atom is 0.335 e. The van der Waals surface area contributed by atoms with Gasteiger partial charge in [-0.15, -0.1) is 0 Å². The minimum atomic E-state index is -1.04. The summed E-state index contributed by atoms with van der Waals surface area (Å²) < 4.78 is 31.6. The number of furan rings is 1. The van der Waals surface area contributed by atoms with Crippen molar-refractivity contribution in [1.82, 2.24) is 10.2 Å². The summed E-state index contributed by atoms with van der Waals surface area (Å²) in [7, 11) is 1.54. The van der Waals surface area contributed by atoms with Crippen molar-refractivity contribution in [2.75, 3.05) is 20.2 Å². The number of nitrogens with zero attached hydrogens (tertiary/aromatic N) is 1. The molecule has 1 aromatic heterocycles. The number of morpholine rings is 1. The number of hydrogen-bond donors (Lipinski definition) is 2. The van der Waals surface area contributed by atoms with Crippen molar-refractivity contribution in [3.8, 4) is 5.75 Å². The molecule has 37 heavy (non-hydrogen) atoms. The zero-order valence-electron chi connectivity index (χ0n) is 20.0. The van der Waals surface area contributed by atoms with Gasteiger partial charge in [-0.05, 0) is 54.1 Å². The van der Waals surface area contributed by atoms with Gasteiger partial charge in [0.05, 0.1) is 18.4 Å². The summed E-state index contributed by atoms with van der Waals surface area (Å²) in [5.74, 6) is -1.18. The first-order valence-electron chi connectivity index (χ1n) is 11.8. The van der Waals surface area contributed by atoms with Gasteiger partial charge in [0.1, 0.15) is 29.3 Å². The molecule has 3 aromatic carbocycles. The van der Waals surface area contributed by atoms with Gasteiger partial charge < -0.3 is 24.3 Å². The number of fused-ring (bicyclic) bond motifs is 1. The molecule has 0 bridgehead atoms. The molecule has 1 fully saturated rings. The molecule has 3 unspecified atom stereocenters. The van der Waals surface area contributed by atoms with Crippen molar-refractivity contribution in [2.24, 2.45) is 0 Å². The fourth-order valence-corrected chi connectivity index (χ4v) is 4.58. The minimum absolute atomic E-state index is 0.135. The monoisotopic (exact) mass is 504 g/mol. The highest BCUT2D eigenvalue weighted by atomic mass is 19.1. The van der Waals surface area contributed by atoms with E-state index in [-0.39, 0.29) is 17.3 Å². The molecule has 8 nitrogen and oxygen atoms in total. The highest BCUT2D eigenvalue weighted by molar-refractivity contribution is 5.87. The third-order valence-electron chi connectivity index (χ3n) is 6.42. The molecule has 5 rings (SSSR count). The van der Waals surface area contributed by atoms with Crippen molar-refractivity contribution >= 4 is 22.8 Å². The molecule has 0 radical (unpaired) electrons. The van der Waals surface area contributed by atoms with E-state index in [0.29, 0.717) is 35.6 Å². The summed E-state index contributed by atoms with van der Waals surface area (Å²) in [6.07, 6.45) is 0.143. The van der Waals surface area contributed by atoms with E-state index in [1.807, 2.05) is 17.0 Å². The molecule has 3 atom stereocenters. The molecular weight excluding hydrogens is 479 g/mol. The standard InChI is InChI=1S/C28H25FN2O6/c1-30-26(32)24-25(17-6-8-21(29)9-7-17)36-15-13-31(24)27(18-2-4-19(5-3-18)28(33)34)37-22-10-11-23-20(16-22)12-14-35-23/h2-12,14,16,24-25,27H,13,15H2,1H3,(H,30,32)(H,33,34). The number of carbonyl (C=O) groups excluding carboxylic acids is 1. The second-order valence-electron chi connectivity index (χ2n) is 8.66. The second kappa shape index (κ2) is 10.4. The van der Waals surface area contributed by atoms with Crippen LogP contribution in [0.5, 0.6) is 5.75 Å². The molecule has 1 saturated heterocycles. The van der Waals surface area contributed by atoms with Crippen LogP contribution in [0.15, 0.2) is 83.5 Å². The van der Waals surface area contributed by atoms with Crippen molar-refractivity contribution in [3.05, 3.63) is 102 Å². The summed E-state index contributed by atoms with van der Waals surface area (Å²) in [4.78, 5) is 26.6. The molecule has 9 heteroatoms. The Labute approximate surface area is 212 Å². The number of hydrogen-bond acceptors (Lipinski definition) is 6. The minimum Gasteiger partial charge on any atom is -0.478 e. The van der Waals surface area contributed by atoms with E-state index in [1.54, 1.807) is 49.7 Å². The predicted octanol–water partition coefficient (Wildman–Crippen LogP) is 4.54. The third-order valence-corrected chi connectivity index (χ3v) is 6.42. The number of nitrogens with one attached hydrogen (secondary N) is 1. The quantitative estimate of drug-likeness (QED) is 0.381. The maximum atomic E-state index is 13.6. The Bertz CT molecular complexity index is 1400. The second-order valence-corrected chi connectivity index (χ2v) is 8.66. The Morgan fingerprint density at radius 2 is 1.84 bits per heavy atom. The van der Waals surface area contributed by atoms with Gasteiger partial charge >= 0.3 is 5.97 Å². The third kappa shape index (κ3) is 5.04. The number of benzene rings is 3. The molecule has 0 saturated carbocycles. The summed E-state index contributed by atoms with van der Waals surface area (Å²) in [5, 5.41) is 12.9. The maximum absolute atomic E-state index is 13.6. The van der Waals surface area contributed by atoms with Crippen LogP contribution in [0.3, 0.4) is 0 Å². The SMILES string of the molecule is CNC(=O)C1C(c2ccc(F)cc2)OCCN1C(Oc1ccc2occc2c1)c1ccc(C(=O)O)cc1. The van der Waals surface area contributed by atoms with Crippen LogP contribution in [0.1, 0.15) is 33.8 Å². The number of halogens is 1. The summed E-state index contributed by atoms with van der Waals surface area (Å²) in [6, 6.07) is 18.6. The van der Waals surface area contributed by atoms with Crippen molar-refractivity contribution in [1.29, 1.82) is 0 Å². The molecule has 1 aliphatic rings. The Morgan fingerprint density at radius 1 is 1.08 bits per heavy atom. The molecule has 2 heterocycles. The first kappa shape index (κ1) is 24.5. The highest BCUT2D eigenvalue weighted by Gasteiger charge is 2.43. The molecule has 0 aliphatic carbocycles. The van der Waals surface area contributed by atoms with Gasteiger partial charge in [-0.25, -0.2) is 14.1 Å². The molecule has 2 N–H and O–H groups in total. The normalized spacial score (nSPS) is 18.9. The van der Waals surface area contributed by atoms with Crippen LogP contribution in [-0.4, -0.2) is 48.1 Å². The van der Waals surface area contributed by atoms with Gasteiger partial charge in [-0.1, -0.05) is 24.3 Å². The number of carboxylic acids is 1. The van der Waals surface area contributed by atoms with Gasteiger partial charge in [0.15, 0.2) is 6.23 Å². The van der Waals surface area contributed by atoms with Gasteiger partial charge in [0, 0.05) is 24.5 Å². The van der Waals surface area contributed by atoms with Crippen LogP contribution >= 0.6 is 0 Å². The molecule has 4 aromatic rings. The van der Waals surface area contributed by atoms with Crippen LogP contribution in [0, 0.1) is 5.82 Å². The van der Waals surface area contributed by atoms with Crippen LogP contribution in [0.2, 0.25) is 0 Å².